The number of aromatic nitrogens is 2. The van der Waals surface area contributed by atoms with Gasteiger partial charge in [-0.1, -0.05) is 29.3 Å². The molecular weight excluding hydrogens is 664 g/mol. The molecule has 254 valence electrons. The molecule has 1 aliphatic heterocycles. The van der Waals surface area contributed by atoms with E-state index in [1.165, 1.54) is 18.3 Å². The molecule has 0 radical (unpaired) electrons. The summed E-state index contributed by atoms with van der Waals surface area (Å²) in [5.74, 6) is -2.57. The molecule has 1 aromatic carbocycles. The van der Waals surface area contributed by atoms with E-state index in [4.69, 9.17) is 41.7 Å². The van der Waals surface area contributed by atoms with Crippen molar-refractivity contribution >= 4 is 60.2 Å². The van der Waals surface area contributed by atoms with Crippen molar-refractivity contribution in [1.29, 1.82) is 0 Å². The molecule has 3 rings (SSSR count). The predicted octanol–water partition coefficient (Wildman–Crippen LogP) is 5.20. The van der Waals surface area contributed by atoms with Gasteiger partial charge in [-0.05, 0) is 79.6 Å². The van der Waals surface area contributed by atoms with Gasteiger partial charge in [0.05, 0.1) is 38.3 Å². The van der Waals surface area contributed by atoms with E-state index in [1.54, 1.807) is 47.6 Å². The van der Waals surface area contributed by atoms with Crippen LogP contribution in [0.25, 0.3) is 0 Å². The summed E-state index contributed by atoms with van der Waals surface area (Å²) in [4.78, 5) is 51.1. The first-order valence-electron chi connectivity index (χ1n) is 14.5. The number of hydrogen-bond acceptors (Lipinski definition) is 11. The van der Waals surface area contributed by atoms with Gasteiger partial charge in [0.1, 0.15) is 6.29 Å². The second-order valence-electron chi connectivity index (χ2n) is 12.6. The summed E-state index contributed by atoms with van der Waals surface area (Å²) in [7, 11) is -4.29. The van der Waals surface area contributed by atoms with E-state index in [0.717, 1.165) is 4.68 Å². The number of benzene rings is 1. The molecule has 0 aliphatic carbocycles. The van der Waals surface area contributed by atoms with Crippen LogP contribution in [0.3, 0.4) is 0 Å². The lowest BCUT2D eigenvalue weighted by Gasteiger charge is -2.23. The molecule has 0 unspecified atom stereocenters. The van der Waals surface area contributed by atoms with Crippen molar-refractivity contribution in [2.75, 3.05) is 32.0 Å². The van der Waals surface area contributed by atoms with Gasteiger partial charge >= 0.3 is 19.5 Å². The molecule has 17 heteroatoms. The van der Waals surface area contributed by atoms with Gasteiger partial charge < -0.3 is 25.4 Å². The number of carbonyl (C=O) groups is 4. The third-order valence-electron chi connectivity index (χ3n) is 6.51. The van der Waals surface area contributed by atoms with E-state index >= 15 is 0 Å². The number of nitrogens with zero attached hydrogens (tertiary/aromatic N) is 2. The zero-order chi connectivity index (χ0) is 34.3. The molecule has 2 aromatic rings. The summed E-state index contributed by atoms with van der Waals surface area (Å²) < 4.78 is 35.9. The van der Waals surface area contributed by atoms with Crippen molar-refractivity contribution in [2.24, 2.45) is 10.8 Å². The highest BCUT2D eigenvalue weighted by Crippen LogP contribution is 2.50. The minimum absolute atomic E-state index is 0.0260. The van der Waals surface area contributed by atoms with Crippen LogP contribution >= 0.6 is 30.8 Å². The third-order valence-corrected chi connectivity index (χ3v) is 8.77. The van der Waals surface area contributed by atoms with E-state index in [1.807, 2.05) is 0 Å². The first-order valence-corrected chi connectivity index (χ1v) is 16.9. The second-order valence-corrected chi connectivity index (χ2v) is 15.4. The van der Waals surface area contributed by atoms with Crippen LogP contribution in [0.1, 0.15) is 75.2 Å². The minimum atomic E-state index is -4.29. The van der Waals surface area contributed by atoms with E-state index in [9.17, 15) is 23.7 Å². The molecule has 1 fully saturated rings. The Morgan fingerprint density at radius 3 is 1.96 bits per heavy atom. The van der Waals surface area contributed by atoms with Crippen LogP contribution in [0.2, 0.25) is 10.0 Å². The van der Waals surface area contributed by atoms with Crippen molar-refractivity contribution in [3.05, 3.63) is 45.7 Å². The lowest BCUT2D eigenvalue weighted by atomic mass is 9.98. The maximum absolute atomic E-state index is 13.9. The summed E-state index contributed by atoms with van der Waals surface area (Å²) in [6.45, 7) is 9.70. The third kappa shape index (κ3) is 10.8. The Labute approximate surface area is 277 Å². The molecule has 1 aromatic heterocycles. The lowest BCUT2D eigenvalue weighted by Crippen LogP contribution is -2.43. The average molecular weight is 705 g/mol. The number of rotatable bonds is 12. The van der Waals surface area contributed by atoms with Crippen molar-refractivity contribution in [3.8, 4) is 0 Å². The quantitative estimate of drug-likeness (QED) is 0.150. The van der Waals surface area contributed by atoms with E-state index in [-0.39, 0.29) is 33.0 Å². The number of nitrogens with one attached hydrogen (secondary N) is 3. The van der Waals surface area contributed by atoms with Gasteiger partial charge in [-0.2, -0.15) is 5.10 Å². The number of piperidine rings is 1. The Bertz CT molecular complexity index is 1420. The Balaban J connectivity index is 1.90. The maximum atomic E-state index is 13.9. The number of amides is 2. The lowest BCUT2D eigenvalue weighted by molar-refractivity contribution is -0.162. The number of esters is 2. The fourth-order valence-corrected chi connectivity index (χ4v) is 5.66. The number of ether oxygens (including phenoxy) is 2. The molecule has 0 saturated carbocycles. The largest absolute Gasteiger partial charge is 0.438 e. The van der Waals surface area contributed by atoms with Gasteiger partial charge in [0.15, 0.2) is 5.69 Å². The highest BCUT2D eigenvalue weighted by Gasteiger charge is 2.32. The van der Waals surface area contributed by atoms with Crippen molar-refractivity contribution < 1.29 is 42.3 Å². The SMILES string of the molecule is CC(C)(C)C(=O)OCOP(=O)(Cn1cc(NC(=O)c2c(Cl)cccc2Cl)c(C(=O)NC2CCNCC2)n1)OCOC(=O)C(C)(C)C. The van der Waals surface area contributed by atoms with Crippen LogP contribution < -0.4 is 16.0 Å². The Morgan fingerprint density at radius 1 is 0.935 bits per heavy atom. The molecule has 0 atom stereocenters. The number of anilines is 1. The standard InChI is InChI=1S/C29H40Cl2N5O9P/c1-28(2,3)26(39)42-16-44-46(41,45-17-43-27(40)29(4,5)6)15-36-14-21(34-24(37)22-19(30)8-7-9-20(22)31)23(35-36)25(38)33-18-10-12-32-13-11-18/h7-9,14,18,32H,10-13,15-17H2,1-6H3,(H,33,38)(H,34,37). The number of carbonyl (C=O) groups excluding carboxylic acids is 4. The van der Waals surface area contributed by atoms with E-state index in [0.29, 0.717) is 25.9 Å². The normalized spacial score (nSPS) is 14.4. The van der Waals surface area contributed by atoms with Crippen LogP contribution in [0.5, 0.6) is 0 Å². The zero-order valence-corrected chi connectivity index (χ0v) is 29.0. The summed E-state index contributed by atoms with van der Waals surface area (Å²) in [5.41, 5.74) is -2.00. The van der Waals surface area contributed by atoms with Crippen LogP contribution in [0, 0.1) is 10.8 Å². The Hall–Kier alpha value is -3.00. The van der Waals surface area contributed by atoms with Crippen LogP contribution in [0.4, 0.5) is 5.69 Å². The Morgan fingerprint density at radius 2 is 1.46 bits per heavy atom. The molecule has 14 nitrogen and oxygen atoms in total. The van der Waals surface area contributed by atoms with Gasteiger partial charge in [0.2, 0.25) is 13.6 Å². The molecule has 3 N–H and O–H groups in total. The summed E-state index contributed by atoms with van der Waals surface area (Å²) >= 11 is 12.4. The first-order chi connectivity index (χ1) is 21.4. The summed E-state index contributed by atoms with van der Waals surface area (Å²) in [6, 6.07) is 4.40. The fourth-order valence-electron chi connectivity index (χ4n) is 3.92. The predicted molar refractivity (Wildman–Crippen MR) is 171 cm³/mol. The Kier molecular flexibility index (Phi) is 12.8. The summed E-state index contributed by atoms with van der Waals surface area (Å²) in [6.07, 6.45) is 1.99. The maximum Gasteiger partial charge on any atom is 0.357 e. The second kappa shape index (κ2) is 15.7. The fraction of sp³-hybridized carbons (Fsp3) is 0.552. The van der Waals surface area contributed by atoms with Crippen LogP contribution in [0.15, 0.2) is 24.4 Å². The monoisotopic (exact) mass is 703 g/mol. The van der Waals surface area contributed by atoms with Gasteiger partial charge in [-0.3, -0.25) is 37.5 Å². The van der Waals surface area contributed by atoms with E-state index in [2.05, 4.69) is 21.0 Å². The van der Waals surface area contributed by atoms with E-state index < -0.39 is 62.1 Å². The highest BCUT2D eigenvalue weighted by molar-refractivity contribution is 7.52. The molecule has 46 heavy (non-hydrogen) atoms. The van der Waals surface area contributed by atoms with Crippen molar-refractivity contribution in [2.45, 2.75) is 66.7 Å². The molecule has 1 aliphatic rings. The molecular formula is C29H40Cl2N5O9P. The van der Waals surface area contributed by atoms with Crippen molar-refractivity contribution in [3.63, 3.8) is 0 Å². The average Bonchev–Trinajstić information content (AvgIpc) is 3.33. The summed E-state index contributed by atoms with van der Waals surface area (Å²) in [5, 5.41) is 13.2. The number of halogens is 2. The number of hydrogen-bond donors (Lipinski definition) is 3. The topological polar surface area (TPSA) is 176 Å². The van der Waals surface area contributed by atoms with Gasteiger partial charge in [0, 0.05) is 6.04 Å². The smallest absolute Gasteiger partial charge is 0.357 e. The molecule has 2 heterocycles. The van der Waals surface area contributed by atoms with Gasteiger partial charge in [-0.15, -0.1) is 0 Å². The highest BCUT2D eigenvalue weighted by atomic mass is 35.5. The minimum Gasteiger partial charge on any atom is -0.438 e. The zero-order valence-electron chi connectivity index (χ0n) is 26.6. The van der Waals surface area contributed by atoms with Gasteiger partial charge in [-0.25, -0.2) is 0 Å². The molecule has 0 spiro atoms. The first kappa shape index (κ1) is 37.5. The van der Waals surface area contributed by atoms with Crippen LogP contribution in [-0.2, 0) is 39.0 Å². The molecule has 2 amide bonds. The molecule has 0 bridgehead atoms. The molecule has 1 saturated heterocycles. The van der Waals surface area contributed by atoms with Crippen molar-refractivity contribution in [1.82, 2.24) is 20.4 Å². The van der Waals surface area contributed by atoms with Crippen LogP contribution in [-0.4, -0.2) is 66.3 Å². The van der Waals surface area contributed by atoms with Gasteiger partial charge in [0.25, 0.3) is 11.8 Å².